The molecule has 1 nitrogen and oxygen atoms in total. The highest BCUT2D eigenvalue weighted by Gasteiger charge is 2.12. The Morgan fingerprint density at radius 1 is 0.750 bits per heavy atom. The number of benzene rings is 3. The molecule has 0 amide bonds. The summed E-state index contributed by atoms with van der Waals surface area (Å²) in [6.45, 7) is 0. The predicted octanol–water partition coefficient (Wildman–Crippen LogP) is 4.80. The summed E-state index contributed by atoms with van der Waals surface area (Å²) in [5.74, 6) is 0.888. The minimum absolute atomic E-state index is 0.126. The fraction of sp³-hybridized carbons (Fsp3) is 0.0526. The first-order valence-electron chi connectivity index (χ1n) is 6.92. The van der Waals surface area contributed by atoms with Crippen LogP contribution in [0.1, 0.15) is 11.1 Å². The fourth-order valence-corrected chi connectivity index (χ4v) is 2.25. The van der Waals surface area contributed by atoms with E-state index in [0.29, 0.717) is 16.3 Å². The molecule has 0 aromatic heterocycles. The highest BCUT2D eigenvalue weighted by Crippen LogP contribution is 2.22. The van der Waals surface area contributed by atoms with Crippen molar-refractivity contribution >= 4 is 10.8 Å². The topological polar surface area (TPSA) is 9.23 Å². The zero-order valence-electron chi connectivity index (χ0n) is 12.5. The average Bonchev–Trinajstić information content (AvgIpc) is 2.57. The summed E-state index contributed by atoms with van der Waals surface area (Å²) in [4.78, 5) is 0. The van der Waals surface area contributed by atoms with Crippen LogP contribution in [-0.4, -0.2) is 7.11 Å². The first-order chi connectivity index (χ1) is 11.5. The Balaban J connectivity index is 2.01. The van der Waals surface area contributed by atoms with Gasteiger partial charge in [-0.1, -0.05) is 17.9 Å². The van der Waals surface area contributed by atoms with Gasteiger partial charge < -0.3 is 4.74 Å². The van der Waals surface area contributed by atoms with Gasteiger partial charge in [0, 0.05) is 5.56 Å². The molecular weight excluding hydrogens is 320 g/mol. The molecular formula is C19H10F4O. The van der Waals surface area contributed by atoms with Gasteiger partial charge in [-0.3, -0.25) is 0 Å². The van der Waals surface area contributed by atoms with Gasteiger partial charge in [-0.25, -0.2) is 13.2 Å². The lowest BCUT2D eigenvalue weighted by atomic mass is 10.1. The van der Waals surface area contributed by atoms with Crippen molar-refractivity contribution in [2.24, 2.45) is 0 Å². The molecule has 0 atom stereocenters. The number of hydrogen-bond donors (Lipinski definition) is 0. The van der Waals surface area contributed by atoms with Gasteiger partial charge in [0.2, 0.25) is 5.82 Å². The Hall–Kier alpha value is -3.00. The molecule has 3 aromatic rings. The summed E-state index contributed by atoms with van der Waals surface area (Å²) in [7, 11) is 1.24. The van der Waals surface area contributed by atoms with Crippen LogP contribution in [-0.2, 0) is 0 Å². The number of methoxy groups -OCH3 is 1. The molecule has 0 saturated carbocycles. The van der Waals surface area contributed by atoms with Crippen LogP contribution in [0.4, 0.5) is 17.6 Å². The van der Waals surface area contributed by atoms with Crippen molar-refractivity contribution in [3.8, 4) is 17.6 Å². The van der Waals surface area contributed by atoms with Crippen LogP contribution in [0.25, 0.3) is 10.8 Å². The highest BCUT2D eigenvalue weighted by molar-refractivity contribution is 5.84. The molecule has 24 heavy (non-hydrogen) atoms. The predicted molar refractivity (Wildman–Crippen MR) is 82.8 cm³/mol. The van der Waals surface area contributed by atoms with E-state index < -0.39 is 23.3 Å². The average molecular weight is 330 g/mol. The zero-order chi connectivity index (χ0) is 17.3. The lowest BCUT2D eigenvalue weighted by Crippen LogP contribution is -1.95. The van der Waals surface area contributed by atoms with E-state index in [-0.39, 0.29) is 11.3 Å². The van der Waals surface area contributed by atoms with Crippen LogP contribution in [0.2, 0.25) is 0 Å². The molecule has 0 aliphatic heterocycles. The SMILES string of the molecule is COc1ccc(C#Cc2ccc3cc(F)c(F)cc3c2)c(F)c1F. The first kappa shape index (κ1) is 15.9. The molecule has 3 aromatic carbocycles. The van der Waals surface area contributed by atoms with Gasteiger partial charge >= 0.3 is 0 Å². The zero-order valence-corrected chi connectivity index (χ0v) is 12.5. The Morgan fingerprint density at radius 2 is 1.46 bits per heavy atom. The van der Waals surface area contributed by atoms with Gasteiger partial charge in [-0.05, 0) is 47.2 Å². The maximum absolute atomic E-state index is 13.9. The Kier molecular flexibility index (Phi) is 4.13. The second-order valence-corrected chi connectivity index (χ2v) is 5.02. The van der Waals surface area contributed by atoms with Gasteiger partial charge in [0.25, 0.3) is 0 Å². The first-order valence-corrected chi connectivity index (χ1v) is 6.92. The summed E-state index contributed by atoms with van der Waals surface area (Å²) >= 11 is 0. The highest BCUT2D eigenvalue weighted by atomic mass is 19.2. The van der Waals surface area contributed by atoms with E-state index in [2.05, 4.69) is 16.6 Å². The van der Waals surface area contributed by atoms with Gasteiger partial charge in [-0.2, -0.15) is 4.39 Å². The van der Waals surface area contributed by atoms with Gasteiger partial charge in [0.1, 0.15) is 0 Å². The molecule has 0 saturated heterocycles. The Labute approximate surface area is 135 Å². The van der Waals surface area contributed by atoms with E-state index in [9.17, 15) is 17.6 Å². The lowest BCUT2D eigenvalue weighted by Gasteiger charge is -2.03. The minimum Gasteiger partial charge on any atom is -0.494 e. The Morgan fingerprint density at radius 3 is 2.17 bits per heavy atom. The number of ether oxygens (including phenoxy) is 1. The van der Waals surface area contributed by atoms with Gasteiger partial charge in [0.05, 0.1) is 12.7 Å². The van der Waals surface area contributed by atoms with Gasteiger partial charge in [0.15, 0.2) is 23.2 Å². The molecule has 0 N–H and O–H groups in total. The smallest absolute Gasteiger partial charge is 0.201 e. The van der Waals surface area contributed by atoms with Crippen molar-refractivity contribution in [2.45, 2.75) is 0 Å². The number of fused-ring (bicyclic) bond motifs is 1. The fourth-order valence-electron chi connectivity index (χ4n) is 2.25. The maximum atomic E-state index is 13.9. The third-order valence-electron chi connectivity index (χ3n) is 3.49. The minimum atomic E-state index is -1.11. The third-order valence-corrected chi connectivity index (χ3v) is 3.49. The van der Waals surface area contributed by atoms with E-state index >= 15 is 0 Å². The number of halogens is 4. The summed E-state index contributed by atoms with van der Waals surface area (Å²) in [6, 6.07) is 9.44. The summed E-state index contributed by atoms with van der Waals surface area (Å²) in [5, 5.41) is 0.975. The molecule has 120 valence electrons. The van der Waals surface area contributed by atoms with Gasteiger partial charge in [-0.15, -0.1) is 0 Å². The van der Waals surface area contributed by atoms with Crippen LogP contribution in [0.3, 0.4) is 0 Å². The van der Waals surface area contributed by atoms with Crippen molar-refractivity contribution in [3.63, 3.8) is 0 Å². The van der Waals surface area contributed by atoms with Crippen molar-refractivity contribution in [1.82, 2.24) is 0 Å². The molecule has 0 unspecified atom stereocenters. The third kappa shape index (κ3) is 2.91. The van der Waals surface area contributed by atoms with E-state index in [4.69, 9.17) is 0 Å². The standard InChI is InChI=1S/C19H10F4O/c1-24-17-7-6-12(18(22)19(17)23)4-2-11-3-5-13-9-15(20)16(21)10-14(13)8-11/h3,5-10H,1H3. The van der Waals surface area contributed by atoms with Crippen molar-refractivity contribution in [1.29, 1.82) is 0 Å². The molecule has 3 rings (SSSR count). The molecule has 0 heterocycles. The molecule has 0 spiro atoms. The Bertz CT molecular complexity index is 1000. The summed E-state index contributed by atoms with van der Waals surface area (Å²) < 4.78 is 58.6. The summed E-state index contributed by atoms with van der Waals surface area (Å²) in [6.07, 6.45) is 0. The number of hydrogen-bond acceptors (Lipinski definition) is 1. The number of rotatable bonds is 1. The molecule has 0 bridgehead atoms. The van der Waals surface area contributed by atoms with Crippen LogP contribution < -0.4 is 4.74 Å². The van der Waals surface area contributed by atoms with Crippen LogP contribution in [0.15, 0.2) is 42.5 Å². The van der Waals surface area contributed by atoms with E-state index in [1.165, 1.54) is 19.2 Å². The summed E-state index contributed by atoms with van der Waals surface area (Å²) in [5.41, 5.74) is 0.336. The second kappa shape index (κ2) is 6.25. The molecule has 0 aliphatic rings. The molecule has 5 heteroatoms. The van der Waals surface area contributed by atoms with Crippen molar-refractivity contribution < 1.29 is 22.3 Å². The van der Waals surface area contributed by atoms with Crippen LogP contribution in [0, 0.1) is 35.1 Å². The van der Waals surface area contributed by atoms with Crippen LogP contribution >= 0.6 is 0 Å². The largest absolute Gasteiger partial charge is 0.494 e. The normalized spacial score (nSPS) is 10.4. The van der Waals surface area contributed by atoms with E-state index in [1.807, 2.05) is 0 Å². The monoisotopic (exact) mass is 330 g/mol. The van der Waals surface area contributed by atoms with E-state index in [1.54, 1.807) is 18.2 Å². The molecule has 0 fully saturated rings. The second-order valence-electron chi connectivity index (χ2n) is 5.02. The molecule has 0 radical (unpaired) electrons. The quantitative estimate of drug-likeness (QED) is 0.460. The maximum Gasteiger partial charge on any atom is 0.201 e. The lowest BCUT2D eigenvalue weighted by molar-refractivity contribution is 0.371. The molecule has 0 aliphatic carbocycles. The van der Waals surface area contributed by atoms with E-state index in [0.717, 1.165) is 12.1 Å². The van der Waals surface area contributed by atoms with Crippen molar-refractivity contribution in [3.05, 3.63) is 76.9 Å². The van der Waals surface area contributed by atoms with Crippen molar-refractivity contribution in [2.75, 3.05) is 7.11 Å². The van der Waals surface area contributed by atoms with Crippen LogP contribution in [0.5, 0.6) is 5.75 Å².